The van der Waals surface area contributed by atoms with Crippen molar-refractivity contribution in [1.29, 1.82) is 0 Å². The monoisotopic (exact) mass is 220 g/mol. The lowest BCUT2D eigenvalue weighted by Gasteiger charge is -2.15. The van der Waals surface area contributed by atoms with Crippen LogP contribution in [0.3, 0.4) is 0 Å². The van der Waals surface area contributed by atoms with Crippen molar-refractivity contribution in [2.75, 3.05) is 5.73 Å². The fraction of sp³-hybridized carbons (Fsp3) is 0.615. The maximum absolute atomic E-state index is 5.92. The first-order chi connectivity index (χ1) is 7.84. The predicted molar refractivity (Wildman–Crippen MR) is 64.9 cm³/mol. The van der Waals surface area contributed by atoms with E-state index in [1.54, 1.807) is 6.20 Å². The van der Waals surface area contributed by atoms with Crippen molar-refractivity contribution >= 4 is 5.82 Å². The zero-order valence-electron chi connectivity index (χ0n) is 9.69. The zero-order valence-corrected chi connectivity index (χ0v) is 9.69. The number of anilines is 1. The number of nitrogens with two attached hydrogens (primary N) is 1. The molecule has 1 aliphatic rings. The average Bonchev–Trinajstić information content (AvgIpc) is 2.55. The van der Waals surface area contributed by atoms with Gasteiger partial charge in [0.1, 0.15) is 5.82 Å². The summed E-state index contributed by atoms with van der Waals surface area (Å²) < 4.78 is 5.92. The molecule has 1 saturated carbocycles. The molecule has 1 heterocycles. The second-order valence-electron chi connectivity index (χ2n) is 4.51. The molecule has 0 amide bonds. The first kappa shape index (κ1) is 11.4. The highest BCUT2D eigenvalue weighted by molar-refractivity contribution is 5.31. The molecule has 0 atom stereocenters. The third-order valence-electron chi connectivity index (χ3n) is 3.13. The molecule has 0 aliphatic heterocycles. The number of aromatic nitrogens is 1. The van der Waals surface area contributed by atoms with Crippen molar-refractivity contribution in [3.8, 4) is 0 Å². The molecule has 1 aromatic rings. The molecule has 16 heavy (non-hydrogen) atoms. The van der Waals surface area contributed by atoms with Crippen molar-refractivity contribution in [2.45, 2.75) is 51.2 Å². The lowest BCUT2D eigenvalue weighted by atomic mass is 10.1. The van der Waals surface area contributed by atoms with Crippen LogP contribution < -0.4 is 5.73 Å². The first-order valence-corrected chi connectivity index (χ1v) is 6.16. The topological polar surface area (TPSA) is 48.1 Å². The molecule has 0 radical (unpaired) electrons. The fourth-order valence-electron chi connectivity index (χ4n) is 2.21. The van der Waals surface area contributed by atoms with Gasteiger partial charge in [0.15, 0.2) is 0 Å². The van der Waals surface area contributed by atoms with E-state index >= 15 is 0 Å². The van der Waals surface area contributed by atoms with E-state index in [-0.39, 0.29) is 0 Å². The van der Waals surface area contributed by atoms with E-state index in [1.807, 2.05) is 12.1 Å². The van der Waals surface area contributed by atoms with E-state index in [1.165, 1.54) is 38.5 Å². The summed E-state index contributed by atoms with van der Waals surface area (Å²) in [6.45, 7) is 0.664. The van der Waals surface area contributed by atoms with Gasteiger partial charge in [-0.3, -0.25) is 0 Å². The summed E-state index contributed by atoms with van der Waals surface area (Å²) in [7, 11) is 0. The standard InChI is InChI=1S/C13H20N2O/c14-13-9-11(7-8-15-13)10-16-12-5-3-1-2-4-6-12/h7-9,12H,1-6,10H2,(H2,14,15). The number of nitrogen functional groups attached to an aromatic ring is 1. The normalized spacial score (nSPS) is 18.2. The number of pyridine rings is 1. The lowest BCUT2D eigenvalue weighted by molar-refractivity contribution is 0.0310. The van der Waals surface area contributed by atoms with Crippen molar-refractivity contribution in [3.63, 3.8) is 0 Å². The van der Waals surface area contributed by atoms with E-state index in [2.05, 4.69) is 4.98 Å². The summed E-state index contributed by atoms with van der Waals surface area (Å²) in [6, 6.07) is 3.85. The van der Waals surface area contributed by atoms with Crippen molar-refractivity contribution in [2.24, 2.45) is 0 Å². The number of nitrogens with zero attached hydrogens (tertiary/aromatic N) is 1. The molecule has 0 bridgehead atoms. The molecule has 88 valence electrons. The summed E-state index contributed by atoms with van der Waals surface area (Å²) >= 11 is 0. The highest BCUT2D eigenvalue weighted by atomic mass is 16.5. The van der Waals surface area contributed by atoms with Gasteiger partial charge < -0.3 is 10.5 Å². The highest BCUT2D eigenvalue weighted by Gasteiger charge is 2.12. The van der Waals surface area contributed by atoms with E-state index in [9.17, 15) is 0 Å². The van der Waals surface area contributed by atoms with Crippen LogP contribution in [0.4, 0.5) is 5.82 Å². The third kappa shape index (κ3) is 3.49. The minimum atomic E-state index is 0.442. The predicted octanol–water partition coefficient (Wildman–Crippen LogP) is 2.90. The smallest absolute Gasteiger partial charge is 0.123 e. The van der Waals surface area contributed by atoms with Gasteiger partial charge in [-0.15, -0.1) is 0 Å². The Kier molecular flexibility index (Phi) is 4.17. The summed E-state index contributed by atoms with van der Waals surface area (Å²) in [6.07, 6.45) is 9.94. The van der Waals surface area contributed by atoms with Crippen LogP contribution in [0, 0.1) is 0 Å². The van der Waals surface area contributed by atoms with Crippen LogP contribution in [-0.2, 0) is 11.3 Å². The third-order valence-corrected chi connectivity index (χ3v) is 3.13. The Morgan fingerprint density at radius 1 is 1.25 bits per heavy atom. The SMILES string of the molecule is Nc1cc(COC2CCCCCC2)ccn1. The van der Waals surface area contributed by atoms with E-state index in [0.29, 0.717) is 18.5 Å². The molecular weight excluding hydrogens is 200 g/mol. The van der Waals surface area contributed by atoms with Gasteiger partial charge in [0, 0.05) is 6.20 Å². The van der Waals surface area contributed by atoms with Gasteiger partial charge in [-0.25, -0.2) is 4.98 Å². The van der Waals surface area contributed by atoms with Crippen LogP contribution in [0.2, 0.25) is 0 Å². The largest absolute Gasteiger partial charge is 0.384 e. The summed E-state index contributed by atoms with van der Waals surface area (Å²) in [4.78, 5) is 3.97. The van der Waals surface area contributed by atoms with Gasteiger partial charge in [0.05, 0.1) is 12.7 Å². The van der Waals surface area contributed by atoms with Gasteiger partial charge in [0.25, 0.3) is 0 Å². The number of hydrogen-bond donors (Lipinski definition) is 1. The Labute approximate surface area is 97.0 Å². The molecule has 0 aromatic carbocycles. The Morgan fingerprint density at radius 3 is 2.69 bits per heavy atom. The quantitative estimate of drug-likeness (QED) is 0.797. The van der Waals surface area contributed by atoms with Crippen LogP contribution in [0.25, 0.3) is 0 Å². The molecule has 3 nitrogen and oxygen atoms in total. The maximum Gasteiger partial charge on any atom is 0.123 e. The zero-order chi connectivity index (χ0) is 11.2. The number of ether oxygens (including phenoxy) is 1. The van der Waals surface area contributed by atoms with Gasteiger partial charge in [-0.05, 0) is 30.5 Å². The van der Waals surface area contributed by atoms with Crippen LogP contribution in [0.1, 0.15) is 44.1 Å². The second-order valence-corrected chi connectivity index (χ2v) is 4.51. The molecule has 0 saturated heterocycles. The Balaban J connectivity index is 1.81. The maximum atomic E-state index is 5.92. The van der Waals surface area contributed by atoms with Crippen LogP contribution in [-0.4, -0.2) is 11.1 Å². The number of rotatable bonds is 3. The van der Waals surface area contributed by atoms with E-state index in [0.717, 1.165) is 5.56 Å². The summed E-state index contributed by atoms with van der Waals surface area (Å²) in [5.74, 6) is 0.571. The van der Waals surface area contributed by atoms with Gasteiger partial charge in [0.2, 0.25) is 0 Å². The Morgan fingerprint density at radius 2 is 2.00 bits per heavy atom. The minimum absolute atomic E-state index is 0.442. The van der Waals surface area contributed by atoms with Crippen LogP contribution in [0.15, 0.2) is 18.3 Å². The molecule has 0 unspecified atom stereocenters. The highest BCUT2D eigenvalue weighted by Crippen LogP contribution is 2.20. The molecular formula is C13H20N2O. The van der Waals surface area contributed by atoms with Gasteiger partial charge in [-0.2, -0.15) is 0 Å². The van der Waals surface area contributed by atoms with Gasteiger partial charge in [-0.1, -0.05) is 25.7 Å². The average molecular weight is 220 g/mol. The van der Waals surface area contributed by atoms with Crippen molar-refractivity contribution in [1.82, 2.24) is 4.98 Å². The molecule has 1 aliphatic carbocycles. The first-order valence-electron chi connectivity index (χ1n) is 6.16. The Bertz CT molecular complexity index is 319. The molecule has 3 heteroatoms. The lowest BCUT2D eigenvalue weighted by Crippen LogP contribution is -2.11. The second kappa shape index (κ2) is 5.85. The van der Waals surface area contributed by atoms with Gasteiger partial charge >= 0.3 is 0 Å². The summed E-state index contributed by atoms with van der Waals surface area (Å²) in [5, 5.41) is 0. The van der Waals surface area contributed by atoms with Crippen LogP contribution in [0.5, 0.6) is 0 Å². The van der Waals surface area contributed by atoms with Crippen molar-refractivity contribution < 1.29 is 4.74 Å². The fourth-order valence-corrected chi connectivity index (χ4v) is 2.21. The van der Waals surface area contributed by atoms with E-state index < -0.39 is 0 Å². The molecule has 0 spiro atoms. The Hall–Kier alpha value is -1.09. The van der Waals surface area contributed by atoms with E-state index in [4.69, 9.17) is 10.5 Å². The molecule has 1 aromatic heterocycles. The molecule has 1 fully saturated rings. The molecule has 2 N–H and O–H groups in total. The van der Waals surface area contributed by atoms with Crippen LogP contribution >= 0.6 is 0 Å². The van der Waals surface area contributed by atoms with Crippen molar-refractivity contribution in [3.05, 3.63) is 23.9 Å². The minimum Gasteiger partial charge on any atom is -0.384 e. The summed E-state index contributed by atoms with van der Waals surface area (Å²) in [5.41, 5.74) is 6.75. The molecule has 2 rings (SSSR count). The number of hydrogen-bond acceptors (Lipinski definition) is 3.